The van der Waals surface area contributed by atoms with Gasteiger partial charge in [-0.05, 0) is 25.7 Å². The van der Waals surface area contributed by atoms with Gasteiger partial charge in [0.05, 0.1) is 13.3 Å². The van der Waals surface area contributed by atoms with E-state index in [0.29, 0.717) is 25.9 Å². The third-order valence-electron chi connectivity index (χ3n) is 3.70. The maximum Gasteiger partial charge on any atom is 0.317 e. The molecule has 0 saturated carbocycles. The highest BCUT2D eigenvalue weighted by molar-refractivity contribution is 5.79. The van der Waals surface area contributed by atoms with E-state index in [0.717, 1.165) is 25.7 Å². The summed E-state index contributed by atoms with van der Waals surface area (Å²) < 4.78 is 0. The molecule has 7 heteroatoms. The van der Waals surface area contributed by atoms with Crippen LogP contribution in [0.5, 0.6) is 0 Å². The Morgan fingerprint density at radius 1 is 0.850 bits per heavy atom. The molecule has 0 unspecified atom stereocenters. The fourth-order valence-electron chi connectivity index (χ4n) is 2.45. The van der Waals surface area contributed by atoms with Crippen molar-refractivity contribution in [2.45, 2.75) is 38.5 Å². The maximum atomic E-state index is 11.6. The zero-order chi connectivity index (χ0) is 14.4. The van der Waals surface area contributed by atoms with Crippen LogP contribution in [0, 0.1) is 0 Å². The minimum atomic E-state index is -0.346. The largest absolute Gasteiger partial charge is 0.325 e. The summed E-state index contributed by atoms with van der Waals surface area (Å²) in [6.07, 6.45) is 4.95. The van der Waals surface area contributed by atoms with Crippen molar-refractivity contribution < 1.29 is 14.4 Å². The number of hydrogen-bond acceptors (Lipinski definition) is 3. The van der Waals surface area contributed by atoms with Gasteiger partial charge in [0.15, 0.2) is 0 Å². The minimum Gasteiger partial charge on any atom is -0.325 e. The molecule has 2 rings (SSSR count). The summed E-state index contributed by atoms with van der Waals surface area (Å²) >= 11 is 0. The van der Waals surface area contributed by atoms with Crippen LogP contribution in [0.1, 0.15) is 38.5 Å². The average molecular weight is 282 g/mol. The van der Waals surface area contributed by atoms with Crippen LogP contribution in [0.15, 0.2) is 0 Å². The van der Waals surface area contributed by atoms with E-state index in [1.807, 2.05) is 0 Å². The lowest BCUT2D eigenvalue weighted by Crippen LogP contribution is -2.50. The van der Waals surface area contributed by atoms with Gasteiger partial charge in [0.25, 0.3) is 0 Å². The SMILES string of the molecule is O=C(NCN1CCCCC1=O)NCN1CCCCC1=O. The quantitative estimate of drug-likeness (QED) is 0.774. The molecule has 112 valence electrons. The van der Waals surface area contributed by atoms with Gasteiger partial charge in [-0.2, -0.15) is 0 Å². The molecular formula is C13H22N4O3. The van der Waals surface area contributed by atoms with Crippen molar-refractivity contribution in [1.29, 1.82) is 0 Å². The van der Waals surface area contributed by atoms with Gasteiger partial charge in [0.2, 0.25) is 11.8 Å². The van der Waals surface area contributed by atoms with E-state index in [2.05, 4.69) is 10.6 Å². The number of nitrogens with one attached hydrogen (secondary N) is 2. The van der Waals surface area contributed by atoms with Crippen molar-refractivity contribution in [2.24, 2.45) is 0 Å². The first-order valence-corrected chi connectivity index (χ1v) is 7.24. The van der Waals surface area contributed by atoms with Gasteiger partial charge in [-0.15, -0.1) is 0 Å². The number of carbonyl (C=O) groups is 3. The van der Waals surface area contributed by atoms with Crippen molar-refractivity contribution in [1.82, 2.24) is 20.4 Å². The molecule has 0 aromatic rings. The molecule has 4 amide bonds. The molecule has 20 heavy (non-hydrogen) atoms. The molecule has 2 saturated heterocycles. The van der Waals surface area contributed by atoms with Crippen LogP contribution in [0.4, 0.5) is 4.79 Å². The predicted octanol–water partition coefficient (Wildman–Crippen LogP) is 0.226. The molecule has 0 aromatic heterocycles. The average Bonchev–Trinajstić information content (AvgIpc) is 2.45. The van der Waals surface area contributed by atoms with E-state index in [9.17, 15) is 14.4 Å². The van der Waals surface area contributed by atoms with Gasteiger partial charge in [0, 0.05) is 25.9 Å². The zero-order valence-corrected chi connectivity index (χ0v) is 11.7. The molecule has 7 nitrogen and oxygen atoms in total. The van der Waals surface area contributed by atoms with Crippen molar-refractivity contribution >= 4 is 17.8 Å². The van der Waals surface area contributed by atoms with E-state index < -0.39 is 0 Å². The Balaban J connectivity index is 1.64. The van der Waals surface area contributed by atoms with E-state index in [1.165, 1.54) is 0 Å². The van der Waals surface area contributed by atoms with Crippen LogP contribution in [-0.2, 0) is 9.59 Å². The van der Waals surface area contributed by atoms with Crippen molar-refractivity contribution in [3.8, 4) is 0 Å². The van der Waals surface area contributed by atoms with Crippen LogP contribution < -0.4 is 10.6 Å². The summed E-state index contributed by atoms with van der Waals surface area (Å²) in [5.74, 6) is 0.172. The van der Waals surface area contributed by atoms with Gasteiger partial charge in [0.1, 0.15) is 0 Å². The molecule has 2 aliphatic rings. The molecule has 0 bridgehead atoms. The fourth-order valence-corrected chi connectivity index (χ4v) is 2.45. The predicted molar refractivity (Wildman–Crippen MR) is 72.5 cm³/mol. The lowest BCUT2D eigenvalue weighted by molar-refractivity contribution is -0.134. The Morgan fingerprint density at radius 3 is 1.70 bits per heavy atom. The number of likely N-dealkylation sites (tertiary alicyclic amines) is 2. The van der Waals surface area contributed by atoms with E-state index in [-0.39, 0.29) is 31.2 Å². The van der Waals surface area contributed by atoms with Gasteiger partial charge in [-0.25, -0.2) is 4.79 Å². The summed E-state index contributed by atoms with van der Waals surface area (Å²) in [6.45, 7) is 1.87. The van der Waals surface area contributed by atoms with Gasteiger partial charge < -0.3 is 20.4 Å². The third kappa shape index (κ3) is 4.11. The number of nitrogens with zero attached hydrogens (tertiary/aromatic N) is 2. The Bertz CT molecular complexity index is 352. The van der Waals surface area contributed by atoms with E-state index >= 15 is 0 Å². The summed E-state index contributed by atoms with van der Waals surface area (Å²) in [5.41, 5.74) is 0. The highest BCUT2D eigenvalue weighted by atomic mass is 16.2. The smallest absolute Gasteiger partial charge is 0.317 e. The topological polar surface area (TPSA) is 81.8 Å². The maximum absolute atomic E-state index is 11.6. The minimum absolute atomic E-state index is 0.0859. The Morgan fingerprint density at radius 2 is 1.30 bits per heavy atom. The number of piperidine rings is 2. The summed E-state index contributed by atoms with van der Waals surface area (Å²) in [7, 11) is 0. The zero-order valence-electron chi connectivity index (χ0n) is 11.7. The summed E-state index contributed by atoms with van der Waals surface area (Å²) in [6, 6.07) is -0.346. The Labute approximate surface area is 118 Å². The first-order chi connectivity index (χ1) is 9.66. The second-order valence-corrected chi connectivity index (χ2v) is 5.23. The molecule has 0 aliphatic carbocycles. The van der Waals surface area contributed by atoms with Crippen molar-refractivity contribution in [3.63, 3.8) is 0 Å². The second kappa shape index (κ2) is 7.12. The van der Waals surface area contributed by atoms with E-state index in [1.54, 1.807) is 9.80 Å². The van der Waals surface area contributed by atoms with Crippen LogP contribution in [0.2, 0.25) is 0 Å². The van der Waals surface area contributed by atoms with Crippen LogP contribution in [-0.4, -0.2) is 54.1 Å². The summed E-state index contributed by atoms with van der Waals surface area (Å²) in [5, 5.41) is 5.31. The Kier molecular flexibility index (Phi) is 5.20. The molecule has 2 fully saturated rings. The highest BCUT2D eigenvalue weighted by Crippen LogP contribution is 2.09. The molecule has 0 atom stereocenters. The van der Waals surface area contributed by atoms with Crippen molar-refractivity contribution in [3.05, 3.63) is 0 Å². The van der Waals surface area contributed by atoms with Gasteiger partial charge in [-0.1, -0.05) is 0 Å². The van der Waals surface area contributed by atoms with Crippen LogP contribution in [0.25, 0.3) is 0 Å². The van der Waals surface area contributed by atoms with Crippen LogP contribution in [0.3, 0.4) is 0 Å². The standard InChI is InChI=1S/C13H22N4O3/c18-11-5-1-3-7-16(11)9-14-13(20)15-10-17-8-4-2-6-12(17)19/h1-10H2,(H2,14,15,20). The number of amides is 4. The molecule has 0 radical (unpaired) electrons. The molecular weight excluding hydrogens is 260 g/mol. The summed E-state index contributed by atoms with van der Waals surface area (Å²) in [4.78, 5) is 38.1. The monoisotopic (exact) mass is 282 g/mol. The van der Waals surface area contributed by atoms with Crippen molar-refractivity contribution in [2.75, 3.05) is 26.4 Å². The lowest BCUT2D eigenvalue weighted by atomic mass is 10.1. The fraction of sp³-hybridized carbons (Fsp3) is 0.769. The number of urea groups is 1. The Hall–Kier alpha value is -1.79. The highest BCUT2D eigenvalue weighted by Gasteiger charge is 2.20. The second-order valence-electron chi connectivity index (χ2n) is 5.23. The molecule has 2 aliphatic heterocycles. The third-order valence-corrected chi connectivity index (χ3v) is 3.70. The number of rotatable bonds is 4. The molecule has 2 N–H and O–H groups in total. The normalized spacial score (nSPS) is 20.0. The molecule has 0 spiro atoms. The van der Waals surface area contributed by atoms with Gasteiger partial charge in [-0.3, -0.25) is 9.59 Å². The van der Waals surface area contributed by atoms with E-state index in [4.69, 9.17) is 0 Å². The molecule has 2 heterocycles. The first kappa shape index (κ1) is 14.6. The number of carbonyl (C=O) groups excluding carboxylic acids is 3. The lowest BCUT2D eigenvalue weighted by Gasteiger charge is -2.28. The first-order valence-electron chi connectivity index (χ1n) is 7.24. The van der Waals surface area contributed by atoms with Crippen LogP contribution >= 0.6 is 0 Å². The number of hydrogen-bond donors (Lipinski definition) is 2. The van der Waals surface area contributed by atoms with Gasteiger partial charge >= 0.3 is 6.03 Å². The molecule has 0 aromatic carbocycles.